The molecule has 2 aliphatic heterocycles. The lowest BCUT2D eigenvalue weighted by Gasteiger charge is -2.30. The van der Waals surface area contributed by atoms with Crippen molar-refractivity contribution < 1.29 is 9.47 Å². The highest BCUT2D eigenvalue weighted by molar-refractivity contribution is 6.03. The van der Waals surface area contributed by atoms with Crippen LogP contribution >= 0.6 is 0 Å². The van der Waals surface area contributed by atoms with Crippen molar-refractivity contribution in [1.82, 2.24) is 9.91 Å². The molecule has 2 heterocycles. The van der Waals surface area contributed by atoms with Crippen LogP contribution in [0.3, 0.4) is 0 Å². The van der Waals surface area contributed by atoms with E-state index in [0.29, 0.717) is 36.5 Å². The van der Waals surface area contributed by atoms with Gasteiger partial charge in [0.15, 0.2) is 0 Å². The summed E-state index contributed by atoms with van der Waals surface area (Å²) in [6, 6.07) is 16.2. The monoisotopic (exact) mass is 461 g/mol. The smallest absolute Gasteiger partial charge is 0.244 e. The molecular formula is C27H35N5O2. The van der Waals surface area contributed by atoms with Crippen LogP contribution in [0.25, 0.3) is 0 Å². The molecule has 1 atom stereocenters. The normalized spacial score (nSPS) is 18.2. The summed E-state index contributed by atoms with van der Waals surface area (Å²) in [6.45, 7) is 7.82. The summed E-state index contributed by atoms with van der Waals surface area (Å²) in [5.74, 6) is 2.52. The first-order valence-corrected chi connectivity index (χ1v) is 11.9. The summed E-state index contributed by atoms with van der Waals surface area (Å²) in [7, 11) is 3.84. The van der Waals surface area contributed by atoms with Crippen LogP contribution < -0.4 is 10.5 Å². The average Bonchev–Trinajstić information content (AvgIpc) is 3.20. The maximum absolute atomic E-state index is 6.46. The number of aliphatic imine (C=N–C) groups is 1. The van der Waals surface area contributed by atoms with E-state index in [-0.39, 0.29) is 0 Å². The summed E-state index contributed by atoms with van der Waals surface area (Å²) in [4.78, 5) is 6.93. The molecule has 2 N–H and O–H groups in total. The van der Waals surface area contributed by atoms with Gasteiger partial charge in [-0.1, -0.05) is 55.8 Å². The number of hydrogen-bond acceptors (Lipinski definition) is 7. The number of likely N-dealkylation sites (N-methyl/N-ethyl adjacent to an activating group) is 2. The standard InChI is InChI=1S/C27H35N5O2/c1-18(2)9-8-16-33-23-11-7-6-10-21(23)26-30-32(5)27(34-26)24-25(28)31(4)17-22(29-24)20-14-12-19(3)13-15-20/h6-7,10-15,18,27H,8-9,16-17,28H2,1-5H3. The first-order chi connectivity index (χ1) is 16.3. The minimum Gasteiger partial charge on any atom is -0.493 e. The Bertz CT molecular complexity index is 1100. The van der Waals surface area contributed by atoms with Crippen molar-refractivity contribution in [3.63, 3.8) is 0 Å². The highest BCUT2D eigenvalue weighted by atomic mass is 16.5. The zero-order chi connectivity index (χ0) is 24.2. The van der Waals surface area contributed by atoms with Crippen LogP contribution in [0.2, 0.25) is 0 Å². The summed E-state index contributed by atoms with van der Waals surface area (Å²) in [5.41, 5.74) is 11.2. The highest BCUT2D eigenvalue weighted by Crippen LogP contribution is 2.30. The lowest BCUT2D eigenvalue weighted by molar-refractivity contribution is 0.106. The number of nitrogens with two attached hydrogens (primary N) is 1. The van der Waals surface area contributed by atoms with E-state index >= 15 is 0 Å². The molecule has 34 heavy (non-hydrogen) atoms. The maximum Gasteiger partial charge on any atom is 0.244 e. The predicted molar refractivity (Wildman–Crippen MR) is 137 cm³/mol. The van der Waals surface area contributed by atoms with Gasteiger partial charge in [0.2, 0.25) is 12.1 Å². The molecule has 0 radical (unpaired) electrons. The second-order valence-corrected chi connectivity index (χ2v) is 9.38. The van der Waals surface area contributed by atoms with Crippen LogP contribution in [0.1, 0.15) is 43.4 Å². The number of hydrazone groups is 1. The Balaban J connectivity index is 1.55. The number of aryl methyl sites for hydroxylation is 1. The van der Waals surface area contributed by atoms with Gasteiger partial charge in [0.25, 0.3) is 0 Å². The molecule has 0 spiro atoms. The van der Waals surface area contributed by atoms with Gasteiger partial charge in [0.1, 0.15) is 17.3 Å². The van der Waals surface area contributed by atoms with E-state index in [4.69, 9.17) is 20.2 Å². The minimum absolute atomic E-state index is 0.507. The Hall–Kier alpha value is -3.48. The highest BCUT2D eigenvalue weighted by Gasteiger charge is 2.35. The van der Waals surface area contributed by atoms with Crippen molar-refractivity contribution in [2.24, 2.45) is 21.7 Å². The minimum atomic E-state index is -0.521. The Labute approximate surface area is 202 Å². The fraction of sp³-hybridized carbons (Fsp3) is 0.407. The third-order valence-electron chi connectivity index (χ3n) is 6.05. The second kappa shape index (κ2) is 10.2. The van der Waals surface area contributed by atoms with Crippen LogP contribution in [0.5, 0.6) is 5.75 Å². The topological polar surface area (TPSA) is 75.7 Å². The van der Waals surface area contributed by atoms with E-state index in [1.807, 2.05) is 43.3 Å². The van der Waals surface area contributed by atoms with Crippen molar-refractivity contribution >= 4 is 11.6 Å². The third kappa shape index (κ3) is 5.19. The summed E-state index contributed by atoms with van der Waals surface area (Å²) in [6.07, 6.45) is 1.62. The molecule has 0 aromatic heterocycles. The molecule has 4 rings (SSSR count). The van der Waals surface area contributed by atoms with Gasteiger partial charge in [-0.15, -0.1) is 5.10 Å². The zero-order valence-corrected chi connectivity index (χ0v) is 20.8. The van der Waals surface area contributed by atoms with Crippen molar-refractivity contribution in [3.05, 3.63) is 76.7 Å². The molecule has 0 amide bonds. The number of nitrogens with zero attached hydrogens (tertiary/aromatic N) is 4. The first kappa shape index (κ1) is 23.7. The second-order valence-electron chi connectivity index (χ2n) is 9.38. The van der Waals surface area contributed by atoms with Crippen LogP contribution in [-0.4, -0.2) is 55.0 Å². The molecule has 0 saturated heterocycles. The number of ether oxygens (including phenoxy) is 2. The van der Waals surface area contributed by atoms with Gasteiger partial charge < -0.3 is 20.1 Å². The van der Waals surface area contributed by atoms with Crippen molar-refractivity contribution in [2.45, 2.75) is 39.8 Å². The molecule has 180 valence electrons. The van der Waals surface area contributed by atoms with Gasteiger partial charge in [0.05, 0.1) is 24.4 Å². The number of rotatable bonds is 8. The Morgan fingerprint density at radius 1 is 1.12 bits per heavy atom. The maximum atomic E-state index is 6.46. The SMILES string of the molecule is Cc1ccc(C2=NC(C3OC(c4ccccc4OCCCC(C)C)=NN3C)=C(N)N(C)C2)cc1. The van der Waals surface area contributed by atoms with Gasteiger partial charge in [-0.05, 0) is 43.4 Å². The van der Waals surface area contributed by atoms with Crippen molar-refractivity contribution in [2.75, 3.05) is 27.2 Å². The fourth-order valence-corrected chi connectivity index (χ4v) is 4.02. The van der Waals surface area contributed by atoms with Crippen molar-refractivity contribution in [1.29, 1.82) is 0 Å². The van der Waals surface area contributed by atoms with Gasteiger partial charge in [-0.25, -0.2) is 4.99 Å². The first-order valence-electron chi connectivity index (χ1n) is 11.9. The molecule has 2 aromatic rings. The zero-order valence-electron chi connectivity index (χ0n) is 20.8. The molecule has 7 nitrogen and oxygen atoms in total. The van der Waals surface area contributed by atoms with Gasteiger partial charge in [-0.2, -0.15) is 0 Å². The van der Waals surface area contributed by atoms with Gasteiger partial charge in [0, 0.05) is 14.1 Å². The van der Waals surface area contributed by atoms with Crippen LogP contribution in [0.15, 0.2) is 70.1 Å². The summed E-state index contributed by atoms with van der Waals surface area (Å²) < 4.78 is 12.4. The van der Waals surface area contributed by atoms with E-state index in [2.05, 4.69) is 50.1 Å². The third-order valence-corrected chi connectivity index (χ3v) is 6.05. The lowest BCUT2D eigenvalue weighted by atomic mass is 10.1. The molecule has 0 bridgehead atoms. The lowest BCUT2D eigenvalue weighted by Crippen LogP contribution is -2.39. The molecular weight excluding hydrogens is 426 g/mol. The fourth-order valence-electron chi connectivity index (χ4n) is 4.02. The van der Waals surface area contributed by atoms with E-state index in [1.165, 1.54) is 5.56 Å². The molecule has 0 aliphatic carbocycles. The van der Waals surface area contributed by atoms with Crippen LogP contribution in [0, 0.1) is 12.8 Å². The number of hydrogen-bond donors (Lipinski definition) is 1. The van der Waals surface area contributed by atoms with Crippen LogP contribution in [-0.2, 0) is 4.74 Å². The quantitative estimate of drug-likeness (QED) is 0.593. The van der Waals surface area contributed by atoms with Crippen molar-refractivity contribution in [3.8, 4) is 5.75 Å². The Morgan fingerprint density at radius 2 is 1.85 bits per heavy atom. The van der Waals surface area contributed by atoms with E-state index in [1.54, 1.807) is 5.01 Å². The summed E-state index contributed by atoms with van der Waals surface area (Å²) in [5, 5.41) is 6.44. The molecule has 0 fully saturated rings. The van der Waals surface area contributed by atoms with Gasteiger partial charge in [-0.3, -0.25) is 5.01 Å². The van der Waals surface area contributed by atoms with E-state index in [0.717, 1.165) is 35.4 Å². The van der Waals surface area contributed by atoms with E-state index in [9.17, 15) is 0 Å². The molecule has 1 unspecified atom stereocenters. The molecule has 2 aliphatic rings. The molecule has 2 aromatic carbocycles. The largest absolute Gasteiger partial charge is 0.493 e. The van der Waals surface area contributed by atoms with Gasteiger partial charge >= 0.3 is 0 Å². The predicted octanol–water partition coefficient (Wildman–Crippen LogP) is 4.32. The molecule has 0 saturated carbocycles. The Morgan fingerprint density at radius 3 is 2.59 bits per heavy atom. The number of benzene rings is 2. The number of para-hydroxylation sites is 1. The molecule has 7 heteroatoms. The summed E-state index contributed by atoms with van der Waals surface area (Å²) >= 11 is 0. The average molecular weight is 462 g/mol. The Kier molecular flexibility index (Phi) is 7.10. The van der Waals surface area contributed by atoms with Crippen LogP contribution in [0.4, 0.5) is 0 Å². The van der Waals surface area contributed by atoms with E-state index < -0.39 is 6.23 Å².